The number of hydrogen-bond acceptors (Lipinski definition) is 4. The van der Waals surface area contributed by atoms with Gasteiger partial charge >= 0.3 is 0 Å². The van der Waals surface area contributed by atoms with Gasteiger partial charge in [0.25, 0.3) is 5.91 Å². The van der Waals surface area contributed by atoms with E-state index >= 15 is 0 Å². The molecule has 4 rings (SSSR count). The van der Waals surface area contributed by atoms with E-state index in [9.17, 15) is 4.79 Å². The van der Waals surface area contributed by atoms with Crippen LogP contribution >= 0.6 is 11.8 Å². The van der Waals surface area contributed by atoms with Crippen molar-refractivity contribution in [2.45, 2.75) is 0 Å². The van der Waals surface area contributed by atoms with Crippen LogP contribution in [0.25, 0.3) is 6.08 Å². The summed E-state index contributed by atoms with van der Waals surface area (Å²) in [5, 5.41) is 0.833. The van der Waals surface area contributed by atoms with Crippen LogP contribution in [0.15, 0.2) is 70.6 Å². The first-order valence-electron chi connectivity index (χ1n) is 8.42. The van der Waals surface area contributed by atoms with E-state index in [1.807, 2.05) is 42.5 Å². The highest BCUT2D eigenvalue weighted by atomic mass is 32.2. The second-order valence-electron chi connectivity index (χ2n) is 6.03. The van der Waals surface area contributed by atoms with Gasteiger partial charge < -0.3 is 9.80 Å². The van der Waals surface area contributed by atoms with Crippen LogP contribution in [0, 0.1) is 0 Å². The highest BCUT2D eigenvalue weighted by molar-refractivity contribution is 8.18. The molecule has 2 heterocycles. The molecular formula is C20H19N3OS. The maximum atomic E-state index is 12.2. The maximum Gasteiger partial charge on any atom is 0.286 e. The van der Waals surface area contributed by atoms with Gasteiger partial charge in [-0.25, -0.2) is 0 Å². The molecule has 0 saturated carbocycles. The Morgan fingerprint density at radius 2 is 1.44 bits per heavy atom. The lowest BCUT2D eigenvalue weighted by Crippen LogP contribution is -2.47. The first-order valence-corrected chi connectivity index (χ1v) is 9.24. The van der Waals surface area contributed by atoms with E-state index in [0.29, 0.717) is 4.91 Å². The molecule has 0 atom stereocenters. The van der Waals surface area contributed by atoms with E-state index in [1.54, 1.807) is 0 Å². The molecule has 2 aromatic carbocycles. The van der Waals surface area contributed by atoms with Crippen LogP contribution in [0.3, 0.4) is 0 Å². The second-order valence-corrected chi connectivity index (χ2v) is 7.04. The number of rotatable bonds is 2. The standard InChI is InChI=1S/C20H19N3OS/c24-19-18(15-16-7-3-1-4-8-16)25-20(21-19)23-13-11-22(12-14-23)17-9-5-2-6-10-17/h1-10,15H,11-14H2/b18-15+. The number of piperazine rings is 1. The molecule has 0 bridgehead atoms. The van der Waals surface area contributed by atoms with Gasteiger partial charge in [-0.1, -0.05) is 48.5 Å². The van der Waals surface area contributed by atoms with Gasteiger partial charge in [0.05, 0.1) is 4.91 Å². The van der Waals surface area contributed by atoms with Crippen LogP contribution in [0.2, 0.25) is 0 Å². The SMILES string of the molecule is O=C1N=C(N2CCN(c3ccccc3)CC2)S/C1=C/c1ccccc1. The maximum absolute atomic E-state index is 12.2. The summed E-state index contributed by atoms with van der Waals surface area (Å²) in [4.78, 5) is 21.8. The average Bonchev–Trinajstić information content (AvgIpc) is 3.04. The van der Waals surface area contributed by atoms with Crippen molar-refractivity contribution in [3.8, 4) is 0 Å². The Hall–Kier alpha value is -2.53. The topological polar surface area (TPSA) is 35.9 Å². The fraction of sp³-hybridized carbons (Fsp3) is 0.200. The third kappa shape index (κ3) is 3.61. The van der Waals surface area contributed by atoms with Crippen molar-refractivity contribution in [3.05, 3.63) is 71.1 Å². The van der Waals surface area contributed by atoms with Gasteiger partial charge in [-0.05, 0) is 35.5 Å². The molecule has 2 aromatic rings. The molecule has 0 radical (unpaired) electrons. The molecule has 0 N–H and O–H groups in total. The summed E-state index contributed by atoms with van der Waals surface area (Å²) < 4.78 is 0. The van der Waals surface area contributed by atoms with Crippen LogP contribution in [0.5, 0.6) is 0 Å². The van der Waals surface area contributed by atoms with Crippen LogP contribution < -0.4 is 4.90 Å². The normalized spacial score (nSPS) is 19.4. The number of carbonyl (C=O) groups excluding carboxylic acids is 1. The van der Waals surface area contributed by atoms with E-state index in [4.69, 9.17) is 0 Å². The van der Waals surface area contributed by atoms with Crippen LogP contribution in [0.1, 0.15) is 5.56 Å². The minimum Gasteiger partial charge on any atom is -0.368 e. The zero-order chi connectivity index (χ0) is 17.1. The minimum atomic E-state index is -0.130. The zero-order valence-corrected chi connectivity index (χ0v) is 14.7. The number of hydrogen-bond donors (Lipinski definition) is 0. The van der Waals surface area contributed by atoms with Crippen molar-refractivity contribution in [3.63, 3.8) is 0 Å². The highest BCUT2D eigenvalue weighted by Crippen LogP contribution is 2.31. The van der Waals surface area contributed by atoms with E-state index in [-0.39, 0.29) is 5.91 Å². The fourth-order valence-corrected chi connectivity index (χ4v) is 3.99. The number of aliphatic imine (C=N–C) groups is 1. The van der Waals surface area contributed by atoms with Crippen molar-refractivity contribution in [2.75, 3.05) is 31.1 Å². The Balaban J connectivity index is 1.40. The third-order valence-electron chi connectivity index (χ3n) is 4.38. The van der Waals surface area contributed by atoms with Gasteiger partial charge in [-0.3, -0.25) is 4.79 Å². The number of nitrogens with zero attached hydrogens (tertiary/aromatic N) is 3. The Morgan fingerprint density at radius 3 is 2.12 bits per heavy atom. The molecule has 0 aromatic heterocycles. The van der Waals surface area contributed by atoms with Gasteiger partial charge in [-0.2, -0.15) is 4.99 Å². The largest absolute Gasteiger partial charge is 0.368 e. The van der Waals surface area contributed by atoms with Crippen molar-refractivity contribution in [1.29, 1.82) is 0 Å². The molecule has 1 saturated heterocycles. The summed E-state index contributed by atoms with van der Waals surface area (Å²) in [5.41, 5.74) is 2.28. The molecule has 25 heavy (non-hydrogen) atoms. The predicted molar refractivity (Wildman–Crippen MR) is 105 cm³/mol. The van der Waals surface area contributed by atoms with E-state index < -0.39 is 0 Å². The summed E-state index contributed by atoms with van der Waals surface area (Å²) in [6, 6.07) is 20.4. The summed E-state index contributed by atoms with van der Waals surface area (Å²) >= 11 is 1.49. The van der Waals surface area contributed by atoms with E-state index in [0.717, 1.165) is 36.9 Å². The Kier molecular flexibility index (Phi) is 4.57. The lowest BCUT2D eigenvalue weighted by Gasteiger charge is -2.36. The summed E-state index contributed by atoms with van der Waals surface area (Å²) in [5.74, 6) is -0.130. The molecule has 126 valence electrons. The number of amidine groups is 1. The Bertz CT molecular complexity index is 809. The Morgan fingerprint density at radius 1 is 0.840 bits per heavy atom. The van der Waals surface area contributed by atoms with Crippen molar-refractivity contribution >= 4 is 34.6 Å². The molecule has 4 nitrogen and oxygen atoms in total. The average molecular weight is 349 g/mol. The summed E-state index contributed by atoms with van der Waals surface area (Å²) in [7, 11) is 0. The number of para-hydroxylation sites is 1. The lowest BCUT2D eigenvalue weighted by atomic mass is 10.2. The van der Waals surface area contributed by atoms with Crippen molar-refractivity contribution in [1.82, 2.24) is 4.90 Å². The molecule has 5 heteroatoms. The van der Waals surface area contributed by atoms with Crippen LogP contribution in [-0.2, 0) is 4.79 Å². The summed E-state index contributed by atoms with van der Waals surface area (Å²) in [6.07, 6.45) is 1.92. The van der Waals surface area contributed by atoms with Crippen molar-refractivity contribution < 1.29 is 4.79 Å². The molecule has 1 fully saturated rings. The first kappa shape index (κ1) is 16.0. The fourth-order valence-electron chi connectivity index (χ4n) is 3.03. The van der Waals surface area contributed by atoms with E-state index in [1.165, 1.54) is 17.4 Å². The van der Waals surface area contributed by atoms with Gasteiger partial charge in [0.1, 0.15) is 0 Å². The molecule has 0 unspecified atom stereocenters. The monoisotopic (exact) mass is 349 g/mol. The minimum absolute atomic E-state index is 0.130. The molecule has 0 aliphatic carbocycles. The van der Waals surface area contributed by atoms with E-state index in [2.05, 4.69) is 39.1 Å². The van der Waals surface area contributed by atoms with Gasteiger partial charge in [0.15, 0.2) is 5.17 Å². The third-order valence-corrected chi connectivity index (χ3v) is 5.42. The summed E-state index contributed by atoms with van der Waals surface area (Å²) in [6.45, 7) is 3.64. The Labute approximate surface area is 151 Å². The molecule has 1 amide bonds. The van der Waals surface area contributed by atoms with Crippen LogP contribution in [-0.4, -0.2) is 42.2 Å². The smallest absolute Gasteiger partial charge is 0.286 e. The van der Waals surface area contributed by atoms with Gasteiger partial charge in [0.2, 0.25) is 0 Å². The molecular weight excluding hydrogens is 330 g/mol. The number of amides is 1. The highest BCUT2D eigenvalue weighted by Gasteiger charge is 2.28. The van der Waals surface area contributed by atoms with Gasteiger partial charge in [0, 0.05) is 31.9 Å². The molecule has 2 aliphatic heterocycles. The first-order chi connectivity index (χ1) is 12.3. The zero-order valence-electron chi connectivity index (χ0n) is 13.8. The van der Waals surface area contributed by atoms with Gasteiger partial charge in [-0.15, -0.1) is 0 Å². The second kappa shape index (κ2) is 7.15. The van der Waals surface area contributed by atoms with Crippen molar-refractivity contribution in [2.24, 2.45) is 4.99 Å². The number of carbonyl (C=O) groups is 1. The number of thioether (sulfide) groups is 1. The quantitative estimate of drug-likeness (QED) is 0.778. The number of anilines is 1. The lowest BCUT2D eigenvalue weighted by molar-refractivity contribution is -0.113. The predicted octanol–water partition coefficient (Wildman–Crippen LogP) is 3.48. The molecule has 2 aliphatic rings. The number of benzene rings is 2. The van der Waals surface area contributed by atoms with Crippen LogP contribution in [0.4, 0.5) is 5.69 Å². The molecule has 0 spiro atoms.